The van der Waals surface area contributed by atoms with Crippen molar-refractivity contribution in [3.05, 3.63) is 0 Å². The minimum Gasteiger partial charge on any atom is -0.469 e. The van der Waals surface area contributed by atoms with Crippen LogP contribution in [0.5, 0.6) is 0 Å². The molecule has 3 heteroatoms. The van der Waals surface area contributed by atoms with E-state index in [1.165, 1.54) is 7.11 Å². The average molecular weight is 161 g/mol. The zero-order valence-electron chi connectivity index (χ0n) is 8.10. The first-order valence-electron chi connectivity index (χ1n) is 3.51. The summed E-state index contributed by atoms with van der Waals surface area (Å²) in [4.78, 5) is 11.1. The molecule has 0 radical (unpaired) electrons. The molecule has 68 valence electrons. The third-order valence-electron chi connectivity index (χ3n) is 2.15. The number of methoxy groups -OCH3 is 1. The molecule has 0 fully saturated rings. The van der Waals surface area contributed by atoms with Crippen LogP contribution >= 0.6 is 0 Å². The predicted molar refractivity (Wildman–Crippen MR) is 45.7 cm³/mol. The van der Waals surface area contributed by atoms with Gasteiger partial charge in [0.2, 0.25) is 0 Å². The van der Waals surface area contributed by atoms with Crippen LogP contribution in [0.25, 0.3) is 0 Å². The second kappa shape index (κ2) is 4.34. The van der Waals surface area contributed by atoms with E-state index in [1.807, 2.05) is 27.7 Å². The molecule has 0 aliphatic rings. The van der Waals surface area contributed by atoms with E-state index < -0.39 is 0 Å². The van der Waals surface area contributed by atoms with Gasteiger partial charge in [-0.25, -0.2) is 0 Å². The van der Waals surface area contributed by atoms with E-state index in [1.54, 1.807) is 0 Å². The minimum atomic E-state index is -0.352. The molecule has 3 N–H and O–H groups in total. The van der Waals surface area contributed by atoms with Crippen LogP contribution in [0.4, 0.5) is 0 Å². The molecular formula is C8H19NO2. The smallest absolute Gasteiger partial charge is 0.311 e. The molecule has 0 amide bonds. The van der Waals surface area contributed by atoms with Crippen molar-refractivity contribution in [1.29, 1.82) is 0 Å². The molecule has 0 unspecified atom stereocenters. The Balaban J connectivity index is 0. The first-order valence-corrected chi connectivity index (χ1v) is 3.51. The van der Waals surface area contributed by atoms with Gasteiger partial charge in [-0.3, -0.25) is 4.79 Å². The number of esters is 1. The van der Waals surface area contributed by atoms with Crippen molar-refractivity contribution in [3.63, 3.8) is 0 Å². The SMILES string of the molecule is COC(=O)C(C)(C)C(C)C.N. The van der Waals surface area contributed by atoms with E-state index in [9.17, 15) is 4.79 Å². The van der Waals surface area contributed by atoms with Gasteiger partial charge in [-0.2, -0.15) is 0 Å². The molecule has 0 aromatic heterocycles. The van der Waals surface area contributed by atoms with E-state index in [4.69, 9.17) is 0 Å². The molecule has 0 atom stereocenters. The zero-order valence-corrected chi connectivity index (χ0v) is 8.10. The van der Waals surface area contributed by atoms with Crippen molar-refractivity contribution in [3.8, 4) is 0 Å². The Kier molecular flexibility index (Phi) is 5.15. The summed E-state index contributed by atoms with van der Waals surface area (Å²) in [5, 5.41) is 0. The lowest BCUT2D eigenvalue weighted by Crippen LogP contribution is -2.30. The van der Waals surface area contributed by atoms with E-state index in [2.05, 4.69) is 4.74 Å². The Morgan fingerprint density at radius 3 is 1.82 bits per heavy atom. The molecule has 0 spiro atoms. The van der Waals surface area contributed by atoms with Gasteiger partial charge in [0.1, 0.15) is 0 Å². The summed E-state index contributed by atoms with van der Waals surface area (Å²) in [6, 6.07) is 0. The summed E-state index contributed by atoms with van der Waals surface area (Å²) >= 11 is 0. The van der Waals surface area contributed by atoms with E-state index in [-0.39, 0.29) is 17.5 Å². The van der Waals surface area contributed by atoms with E-state index in [0.29, 0.717) is 5.92 Å². The highest BCUT2D eigenvalue weighted by atomic mass is 16.5. The fourth-order valence-corrected chi connectivity index (χ4v) is 0.499. The largest absolute Gasteiger partial charge is 0.469 e. The number of carbonyl (C=O) groups excluding carboxylic acids is 1. The topological polar surface area (TPSA) is 61.3 Å². The fraction of sp³-hybridized carbons (Fsp3) is 0.875. The molecule has 3 nitrogen and oxygen atoms in total. The molecular weight excluding hydrogens is 142 g/mol. The summed E-state index contributed by atoms with van der Waals surface area (Å²) in [7, 11) is 1.42. The lowest BCUT2D eigenvalue weighted by Gasteiger charge is -2.25. The Morgan fingerprint density at radius 2 is 1.73 bits per heavy atom. The lowest BCUT2D eigenvalue weighted by molar-refractivity contribution is -0.153. The molecule has 0 saturated heterocycles. The summed E-state index contributed by atoms with van der Waals surface area (Å²) < 4.78 is 4.64. The number of rotatable bonds is 2. The molecule has 11 heavy (non-hydrogen) atoms. The van der Waals surface area contributed by atoms with Crippen molar-refractivity contribution >= 4 is 5.97 Å². The standard InChI is InChI=1S/C8H16O2.H3N/c1-6(2)8(3,4)7(9)10-5;/h6H,1-5H3;1H3. The second-order valence-corrected chi connectivity index (χ2v) is 3.37. The van der Waals surface area contributed by atoms with Gasteiger partial charge in [-0.1, -0.05) is 13.8 Å². The lowest BCUT2D eigenvalue weighted by atomic mass is 9.81. The van der Waals surface area contributed by atoms with Crippen LogP contribution in [0.1, 0.15) is 27.7 Å². The van der Waals surface area contributed by atoms with Crippen molar-refractivity contribution in [2.24, 2.45) is 11.3 Å². The Hall–Kier alpha value is -0.570. The first-order chi connectivity index (χ1) is 4.42. The fourth-order valence-electron chi connectivity index (χ4n) is 0.499. The predicted octanol–water partition coefficient (Wildman–Crippen LogP) is 2.00. The van der Waals surface area contributed by atoms with Crippen LogP contribution in [0.15, 0.2) is 0 Å². The first kappa shape index (κ1) is 13.1. The third-order valence-corrected chi connectivity index (χ3v) is 2.15. The highest BCUT2D eigenvalue weighted by molar-refractivity contribution is 5.75. The summed E-state index contributed by atoms with van der Waals surface area (Å²) in [5.41, 5.74) is -0.352. The molecule has 0 aromatic carbocycles. The van der Waals surface area contributed by atoms with Crippen LogP contribution in [0.2, 0.25) is 0 Å². The van der Waals surface area contributed by atoms with Crippen LogP contribution in [-0.2, 0) is 9.53 Å². The van der Waals surface area contributed by atoms with Gasteiger partial charge in [0.25, 0.3) is 0 Å². The van der Waals surface area contributed by atoms with Crippen LogP contribution in [0.3, 0.4) is 0 Å². The van der Waals surface area contributed by atoms with E-state index in [0.717, 1.165) is 0 Å². The van der Waals surface area contributed by atoms with Gasteiger partial charge >= 0.3 is 5.97 Å². The normalized spacial score (nSPS) is 10.7. The molecule has 0 heterocycles. The maximum absolute atomic E-state index is 11.1. The Bertz CT molecular complexity index is 130. The average Bonchev–Trinajstić information content (AvgIpc) is 1.86. The summed E-state index contributed by atoms with van der Waals surface area (Å²) in [6.45, 7) is 7.81. The monoisotopic (exact) mass is 161 g/mol. The van der Waals surface area contributed by atoms with E-state index >= 15 is 0 Å². The third kappa shape index (κ3) is 2.89. The number of hydrogen-bond acceptors (Lipinski definition) is 3. The molecule has 0 bridgehead atoms. The molecule has 0 aliphatic carbocycles. The van der Waals surface area contributed by atoms with Crippen molar-refractivity contribution in [2.75, 3.05) is 7.11 Å². The van der Waals surface area contributed by atoms with Gasteiger partial charge in [-0.15, -0.1) is 0 Å². The minimum absolute atomic E-state index is 0. The van der Waals surface area contributed by atoms with Crippen molar-refractivity contribution in [1.82, 2.24) is 6.15 Å². The number of hydrogen-bond donors (Lipinski definition) is 1. The quantitative estimate of drug-likeness (QED) is 0.630. The van der Waals surface area contributed by atoms with Gasteiger partial charge < -0.3 is 10.9 Å². The van der Waals surface area contributed by atoms with Gasteiger partial charge in [-0.05, 0) is 19.8 Å². The van der Waals surface area contributed by atoms with Crippen molar-refractivity contribution < 1.29 is 9.53 Å². The van der Waals surface area contributed by atoms with Gasteiger partial charge in [0.05, 0.1) is 12.5 Å². The Morgan fingerprint density at radius 1 is 1.36 bits per heavy atom. The Labute approximate surface area is 68.7 Å². The summed E-state index contributed by atoms with van der Waals surface area (Å²) in [6.07, 6.45) is 0. The van der Waals surface area contributed by atoms with Gasteiger partial charge in [0.15, 0.2) is 0 Å². The molecule has 0 saturated carbocycles. The van der Waals surface area contributed by atoms with Gasteiger partial charge in [0, 0.05) is 0 Å². The maximum atomic E-state index is 11.1. The highest BCUT2D eigenvalue weighted by Crippen LogP contribution is 2.26. The zero-order chi connectivity index (χ0) is 8.36. The molecule has 0 rings (SSSR count). The van der Waals surface area contributed by atoms with Crippen LogP contribution < -0.4 is 6.15 Å². The van der Waals surface area contributed by atoms with Crippen LogP contribution in [-0.4, -0.2) is 13.1 Å². The number of carbonyl (C=O) groups is 1. The summed E-state index contributed by atoms with van der Waals surface area (Å²) in [5.74, 6) is 0.183. The number of ether oxygens (including phenoxy) is 1. The molecule has 0 aliphatic heterocycles. The highest BCUT2D eigenvalue weighted by Gasteiger charge is 2.31. The molecule has 0 aromatic rings. The second-order valence-electron chi connectivity index (χ2n) is 3.37. The van der Waals surface area contributed by atoms with Crippen molar-refractivity contribution in [2.45, 2.75) is 27.7 Å². The maximum Gasteiger partial charge on any atom is 0.311 e. The van der Waals surface area contributed by atoms with Crippen LogP contribution in [0, 0.1) is 11.3 Å².